The number of carbonyl (C=O) groups excluding carboxylic acids is 1. The molecule has 3 heterocycles. The van der Waals surface area contributed by atoms with Crippen molar-refractivity contribution < 1.29 is 13.9 Å². The highest BCUT2D eigenvalue weighted by Crippen LogP contribution is 2.34. The third kappa shape index (κ3) is 4.29. The number of benzene rings is 2. The number of imidazole rings is 1. The Labute approximate surface area is 197 Å². The van der Waals surface area contributed by atoms with Crippen LogP contribution in [0.2, 0.25) is 0 Å². The molecule has 7 heteroatoms. The van der Waals surface area contributed by atoms with Crippen molar-refractivity contribution in [2.45, 2.75) is 31.9 Å². The minimum atomic E-state index is -0.324. The number of aromatic nitrogens is 3. The van der Waals surface area contributed by atoms with Gasteiger partial charge in [-0.15, -0.1) is 0 Å². The standard InChI is InChI=1S/C27H25FN4O2/c1-2-25(33)31-14-4-3-8-23(31)27-30-26(24-17-29-13-15-32(24)27)20-11-9-19(10-12-20)18-34-22-7-5-6-21(28)16-22/h2,5-7,9-13,15-17,23H,1,3-4,8,14,18H2/t23-/m0/s1. The van der Waals surface area contributed by atoms with E-state index >= 15 is 0 Å². The fourth-order valence-electron chi connectivity index (χ4n) is 4.47. The number of ether oxygens (including phenoxy) is 1. The first-order valence-corrected chi connectivity index (χ1v) is 11.4. The van der Waals surface area contributed by atoms with Crippen molar-refractivity contribution >= 4 is 11.4 Å². The van der Waals surface area contributed by atoms with Crippen molar-refractivity contribution in [1.82, 2.24) is 19.3 Å². The van der Waals surface area contributed by atoms with Crippen LogP contribution in [-0.4, -0.2) is 31.7 Å². The molecule has 5 rings (SSSR count). The van der Waals surface area contributed by atoms with Crippen molar-refractivity contribution in [2.75, 3.05) is 6.54 Å². The molecule has 4 aromatic rings. The van der Waals surface area contributed by atoms with E-state index in [-0.39, 0.29) is 17.8 Å². The molecule has 0 N–H and O–H groups in total. The zero-order valence-electron chi connectivity index (χ0n) is 18.7. The molecule has 0 spiro atoms. The highest BCUT2D eigenvalue weighted by Gasteiger charge is 2.30. The van der Waals surface area contributed by atoms with Gasteiger partial charge in [0.2, 0.25) is 5.91 Å². The third-order valence-corrected chi connectivity index (χ3v) is 6.16. The van der Waals surface area contributed by atoms with Gasteiger partial charge in [-0.05, 0) is 43.0 Å². The Bertz CT molecular complexity index is 1330. The van der Waals surface area contributed by atoms with Gasteiger partial charge in [-0.2, -0.15) is 0 Å². The maximum atomic E-state index is 13.4. The van der Waals surface area contributed by atoms with Crippen LogP contribution in [0.5, 0.6) is 5.75 Å². The van der Waals surface area contributed by atoms with Crippen LogP contribution < -0.4 is 4.74 Å². The summed E-state index contributed by atoms with van der Waals surface area (Å²) in [7, 11) is 0. The molecule has 1 amide bonds. The smallest absolute Gasteiger partial charge is 0.246 e. The van der Waals surface area contributed by atoms with Gasteiger partial charge in [0, 0.05) is 30.6 Å². The molecule has 0 saturated carbocycles. The summed E-state index contributed by atoms with van der Waals surface area (Å²) in [5.74, 6) is 0.932. The number of hydrogen-bond acceptors (Lipinski definition) is 4. The maximum Gasteiger partial charge on any atom is 0.246 e. The van der Waals surface area contributed by atoms with E-state index in [1.54, 1.807) is 24.5 Å². The van der Waals surface area contributed by atoms with Crippen molar-refractivity contribution in [3.63, 3.8) is 0 Å². The average molecular weight is 457 g/mol. The lowest BCUT2D eigenvalue weighted by Gasteiger charge is -2.34. The Balaban J connectivity index is 1.44. The lowest BCUT2D eigenvalue weighted by Crippen LogP contribution is -2.38. The van der Waals surface area contributed by atoms with Gasteiger partial charge in [0.25, 0.3) is 0 Å². The third-order valence-electron chi connectivity index (χ3n) is 6.16. The number of halogens is 1. The van der Waals surface area contributed by atoms with E-state index in [1.165, 1.54) is 18.2 Å². The molecule has 1 fully saturated rings. The second-order valence-corrected chi connectivity index (χ2v) is 8.34. The van der Waals surface area contributed by atoms with Crippen LogP contribution in [0, 0.1) is 5.82 Å². The van der Waals surface area contributed by atoms with E-state index in [0.717, 1.165) is 47.4 Å². The van der Waals surface area contributed by atoms with Crippen LogP contribution in [0.25, 0.3) is 16.8 Å². The second kappa shape index (κ2) is 9.47. The molecule has 1 aliphatic heterocycles. The summed E-state index contributed by atoms with van der Waals surface area (Å²) in [6, 6.07) is 13.9. The molecule has 2 aromatic carbocycles. The largest absolute Gasteiger partial charge is 0.489 e. The first-order valence-electron chi connectivity index (χ1n) is 11.4. The van der Waals surface area contributed by atoms with Crippen LogP contribution >= 0.6 is 0 Å². The van der Waals surface area contributed by atoms with Crippen LogP contribution in [0.1, 0.15) is 36.7 Å². The average Bonchev–Trinajstić information content (AvgIpc) is 3.27. The Morgan fingerprint density at radius 2 is 2.06 bits per heavy atom. The van der Waals surface area contributed by atoms with Gasteiger partial charge >= 0.3 is 0 Å². The highest BCUT2D eigenvalue weighted by atomic mass is 19.1. The minimum absolute atomic E-state index is 0.0697. The Hall–Kier alpha value is -4.00. The molecule has 1 saturated heterocycles. The van der Waals surface area contributed by atoms with E-state index < -0.39 is 0 Å². The Morgan fingerprint density at radius 1 is 1.21 bits per heavy atom. The molecule has 0 bridgehead atoms. The number of rotatable bonds is 6. The van der Waals surface area contributed by atoms with Gasteiger partial charge < -0.3 is 9.64 Å². The number of hydrogen-bond donors (Lipinski definition) is 0. The molecule has 1 aliphatic rings. The summed E-state index contributed by atoms with van der Waals surface area (Å²) in [6.45, 7) is 4.70. The summed E-state index contributed by atoms with van der Waals surface area (Å²) < 4.78 is 21.1. The van der Waals surface area contributed by atoms with Crippen LogP contribution in [0.15, 0.2) is 79.8 Å². The lowest BCUT2D eigenvalue weighted by atomic mass is 10.0. The minimum Gasteiger partial charge on any atom is -0.489 e. The van der Waals surface area contributed by atoms with E-state index in [2.05, 4.69) is 11.6 Å². The number of piperidine rings is 1. The monoisotopic (exact) mass is 456 g/mol. The molecular weight excluding hydrogens is 431 g/mol. The van der Waals surface area contributed by atoms with Gasteiger partial charge in [0.1, 0.15) is 24.0 Å². The van der Waals surface area contributed by atoms with Crippen molar-refractivity contribution in [3.8, 4) is 17.0 Å². The highest BCUT2D eigenvalue weighted by molar-refractivity contribution is 5.87. The summed E-state index contributed by atoms with van der Waals surface area (Å²) in [5, 5.41) is 0. The van der Waals surface area contributed by atoms with E-state index in [0.29, 0.717) is 18.9 Å². The summed E-state index contributed by atoms with van der Waals surface area (Å²) in [6.07, 6.45) is 9.69. The maximum absolute atomic E-state index is 13.4. The van der Waals surface area contributed by atoms with Crippen LogP contribution in [-0.2, 0) is 11.4 Å². The number of likely N-dealkylation sites (tertiary alicyclic amines) is 1. The van der Waals surface area contributed by atoms with Gasteiger partial charge in [0.15, 0.2) is 0 Å². The van der Waals surface area contributed by atoms with Gasteiger partial charge in [-0.1, -0.05) is 36.9 Å². The molecule has 6 nitrogen and oxygen atoms in total. The molecule has 0 unspecified atom stereocenters. The SMILES string of the molecule is C=CC(=O)N1CCCC[C@H]1c1nc(-c2ccc(COc3cccc(F)c3)cc2)c2cnccn12. The van der Waals surface area contributed by atoms with Crippen LogP contribution in [0.3, 0.4) is 0 Å². The zero-order chi connectivity index (χ0) is 23.5. The predicted octanol–water partition coefficient (Wildman–Crippen LogP) is 5.35. The quantitative estimate of drug-likeness (QED) is 0.367. The molecule has 34 heavy (non-hydrogen) atoms. The number of carbonyl (C=O) groups is 1. The van der Waals surface area contributed by atoms with Gasteiger partial charge in [-0.3, -0.25) is 14.2 Å². The van der Waals surface area contributed by atoms with Crippen LogP contribution in [0.4, 0.5) is 4.39 Å². The molecular formula is C27H25FN4O2. The number of fused-ring (bicyclic) bond motifs is 1. The second-order valence-electron chi connectivity index (χ2n) is 8.34. The van der Waals surface area contributed by atoms with Crippen molar-refractivity contribution in [2.24, 2.45) is 0 Å². The topological polar surface area (TPSA) is 59.7 Å². The predicted molar refractivity (Wildman–Crippen MR) is 128 cm³/mol. The summed E-state index contributed by atoms with van der Waals surface area (Å²) >= 11 is 0. The zero-order valence-corrected chi connectivity index (χ0v) is 18.7. The van der Waals surface area contributed by atoms with Crippen molar-refractivity contribution in [3.05, 3.63) is 97.0 Å². The Morgan fingerprint density at radius 3 is 2.85 bits per heavy atom. The summed E-state index contributed by atoms with van der Waals surface area (Å²) in [5.41, 5.74) is 3.61. The number of amides is 1. The van der Waals surface area contributed by atoms with E-state index in [9.17, 15) is 9.18 Å². The lowest BCUT2D eigenvalue weighted by molar-refractivity contribution is -0.129. The van der Waals surface area contributed by atoms with Gasteiger partial charge in [0.05, 0.1) is 23.4 Å². The molecule has 172 valence electrons. The fourth-order valence-corrected chi connectivity index (χ4v) is 4.47. The summed E-state index contributed by atoms with van der Waals surface area (Å²) in [4.78, 5) is 23.7. The van der Waals surface area contributed by atoms with E-state index in [4.69, 9.17) is 9.72 Å². The number of nitrogens with zero attached hydrogens (tertiary/aromatic N) is 4. The molecule has 0 aliphatic carbocycles. The molecule has 2 aromatic heterocycles. The fraction of sp³-hybridized carbons (Fsp3) is 0.222. The van der Waals surface area contributed by atoms with Crippen molar-refractivity contribution in [1.29, 1.82) is 0 Å². The molecule has 0 radical (unpaired) electrons. The first kappa shape index (κ1) is 21.8. The molecule has 1 atom stereocenters. The Kier molecular flexibility index (Phi) is 6.08. The van der Waals surface area contributed by atoms with Gasteiger partial charge in [-0.25, -0.2) is 9.37 Å². The first-order chi connectivity index (χ1) is 16.6. The normalized spacial score (nSPS) is 15.9. The van der Waals surface area contributed by atoms with E-state index in [1.807, 2.05) is 39.8 Å².